The number of amides is 1. The Labute approximate surface area is 129 Å². The van der Waals surface area contributed by atoms with Crippen LogP contribution < -0.4 is 5.32 Å². The van der Waals surface area contributed by atoms with Gasteiger partial charge in [-0.05, 0) is 52.7 Å². The molecule has 2 nitrogen and oxygen atoms in total. The van der Waals surface area contributed by atoms with Crippen LogP contribution >= 0.6 is 43.6 Å². The molecule has 0 aliphatic carbocycles. The van der Waals surface area contributed by atoms with E-state index in [9.17, 15) is 4.79 Å². The molecule has 1 aromatic carbocycles. The monoisotopic (exact) mass is 391 g/mol. The Bertz CT molecular complexity index is 433. The Morgan fingerprint density at radius 2 is 2.22 bits per heavy atom. The third-order valence-electron chi connectivity index (χ3n) is 2.94. The van der Waals surface area contributed by atoms with E-state index in [1.807, 2.05) is 30.0 Å². The number of thioether (sulfide) groups is 1. The van der Waals surface area contributed by atoms with Crippen LogP contribution in [0.5, 0.6) is 0 Å². The molecule has 1 amide bonds. The molecule has 0 radical (unpaired) electrons. The number of carbonyl (C=O) groups is 1. The van der Waals surface area contributed by atoms with Crippen molar-refractivity contribution in [1.29, 1.82) is 0 Å². The van der Waals surface area contributed by atoms with E-state index in [4.69, 9.17) is 0 Å². The third kappa shape index (κ3) is 4.00. The number of hydrogen-bond acceptors (Lipinski definition) is 2. The lowest BCUT2D eigenvalue weighted by Gasteiger charge is -2.21. The molecule has 0 spiro atoms. The highest BCUT2D eigenvalue weighted by Crippen LogP contribution is 2.25. The first-order valence-electron chi connectivity index (χ1n) is 6.01. The lowest BCUT2D eigenvalue weighted by atomic mass is 10.1. The lowest BCUT2D eigenvalue weighted by Crippen LogP contribution is -2.32. The van der Waals surface area contributed by atoms with Crippen molar-refractivity contribution in [2.75, 3.05) is 12.3 Å². The van der Waals surface area contributed by atoms with Crippen LogP contribution in [-0.4, -0.2) is 23.5 Å². The average Bonchev–Trinajstić information content (AvgIpc) is 2.37. The molecule has 98 valence electrons. The second kappa shape index (κ2) is 6.96. The van der Waals surface area contributed by atoms with Crippen molar-refractivity contribution in [3.8, 4) is 0 Å². The smallest absolute Gasteiger partial charge is 0.252 e. The highest BCUT2D eigenvalue weighted by Gasteiger charge is 2.16. The van der Waals surface area contributed by atoms with Crippen molar-refractivity contribution in [3.05, 3.63) is 32.7 Å². The number of benzene rings is 1. The first kappa shape index (κ1) is 14.4. The summed E-state index contributed by atoms with van der Waals surface area (Å²) in [6, 6.07) is 5.61. The van der Waals surface area contributed by atoms with Crippen LogP contribution in [-0.2, 0) is 0 Å². The minimum absolute atomic E-state index is 0.000508. The predicted octanol–water partition coefficient (Wildman–Crippen LogP) is 4.23. The molecular formula is C13H15Br2NOS. The zero-order valence-electron chi connectivity index (χ0n) is 9.92. The number of halogens is 2. The summed E-state index contributed by atoms with van der Waals surface area (Å²) in [5.41, 5.74) is 0.694. The van der Waals surface area contributed by atoms with Gasteiger partial charge in [0, 0.05) is 20.7 Å². The fourth-order valence-electron chi connectivity index (χ4n) is 1.94. The van der Waals surface area contributed by atoms with Crippen LogP contribution in [0.25, 0.3) is 0 Å². The molecule has 1 aliphatic rings. The Kier molecular flexibility index (Phi) is 5.57. The molecule has 2 rings (SSSR count). The quantitative estimate of drug-likeness (QED) is 0.833. The normalized spacial score (nSPS) is 19.6. The first-order valence-corrected chi connectivity index (χ1v) is 8.65. The van der Waals surface area contributed by atoms with Crippen LogP contribution in [0, 0.1) is 0 Å². The summed E-state index contributed by atoms with van der Waals surface area (Å²) < 4.78 is 1.79. The van der Waals surface area contributed by atoms with Gasteiger partial charge in [-0.1, -0.05) is 22.4 Å². The Morgan fingerprint density at radius 1 is 1.39 bits per heavy atom. The fourth-order valence-corrected chi connectivity index (χ4v) is 4.41. The van der Waals surface area contributed by atoms with E-state index in [0.717, 1.165) is 15.5 Å². The van der Waals surface area contributed by atoms with Crippen molar-refractivity contribution in [2.45, 2.75) is 24.5 Å². The van der Waals surface area contributed by atoms with E-state index in [1.165, 1.54) is 25.0 Å². The molecule has 1 aliphatic heterocycles. The molecule has 18 heavy (non-hydrogen) atoms. The van der Waals surface area contributed by atoms with Crippen LogP contribution in [0.4, 0.5) is 0 Å². The van der Waals surface area contributed by atoms with Gasteiger partial charge in [0.2, 0.25) is 0 Å². The maximum Gasteiger partial charge on any atom is 0.252 e. The van der Waals surface area contributed by atoms with E-state index in [0.29, 0.717) is 10.8 Å². The molecule has 0 bridgehead atoms. The molecule has 1 heterocycles. The van der Waals surface area contributed by atoms with Crippen LogP contribution in [0.1, 0.15) is 29.6 Å². The van der Waals surface area contributed by atoms with Crippen molar-refractivity contribution >= 4 is 49.5 Å². The maximum atomic E-state index is 12.1. The Balaban J connectivity index is 1.90. The highest BCUT2D eigenvalue weighted by molar-refractivity contribution is 9.11. The zero-order valence-corrected chi connectivity index (χ0v) is 13.9. The molecule has 1 saturated heterocycles. The molecule has 1 aromatic rings. The van der Waals surface area contributed by atoms with Gasteiger partial charge < -0.3 is 5.32 Å². The van der Waals surface area contributed by atoms with Crippen LogP contribution in [0.2, 0.25) is 0 Å². The molecule has 1 fully saturated rings. The molecule has 0 aromatic heterocycles. The molecular weight excluding hydrogens is 378 g/mol. The molecule has 1 N–H and O–H groups in total. The molecule has 1 atom stereocenters. The Hall–Kier alpha value is -0.000000000000000111. The summed E-state index contributed by atoms with van der Waals surface area (Å²) in [6.45, 7) is 0.770. The number of rotatable bonds is 3. The molecule has 5 heteroatoms. The first-order chi connectivity index (χ1) is 8.66. The van der Waals surface area contributed by atoms with Crippen LogP contribution in [0.3, 0.4) is 0 Å². The number of carbonyl (C=O) groups excluding carboxylic acids is 1. The minimum atomic E-state index is 0.000508. The van der Waals surface area contributed by atoms with Gasteiger partial charge in [-0.3, -0.25) is 4.79 Å². The third-order valence-corrected chi connectivity index (χ3v) is 5.49. The largest absolute Gasteiger partial charge is 0.351 e. The van der Waals surface area contributed by atoms with Gasteiger partial charge in [0.25, 0.3) is 5.91 Å². The maximum absolute atomic E-state index is 12.1. The standard InChI is InChI=1S/C13H15Br2NOS/c14-9-4-5-11(12(15)7-9)13(17)16-8-10-3-1-2-6-18-10/h4-5,7,10H,1-3,6,8H2,(H,16,17). The van der Waals surface area contributed by atoms with Gasteiger partial charge in [0.05, 0.1) is 5.56 Å². The second-order valence-electron chi connectivity index (χ2n) is 4.32. The average molecular weight is 393 g/mol. The van der Waals surface area contributed by atoms with Crippen LogP contribution in [0.15, 0.2) is 27.1 Å². The minimum Gasteiger partial charge on any atom is -0.351 e. The van der Waals surface area contributed by atoms with Crippen molar-refractivity contribution in [2.24, 2.45) is 0 Å². The number of hydrogen-bond donors (Lipinski definition) is 1. The summed E-state index contributed by atoms with van der Waals surface area (Å²) in [4.78, 5) is 12.1. The van der Waals surface area contributed by atoms with Gasteiger partial charge in [-0.2, -0.15) is 11.8 Å². The SMILES string of the molecule is O=C(NCC1CCCCS1)c1ccc(Br)cc1Br. The van der Waals surface area contributed by atoms with Crippen molar-refractivity contribution < 1.29 is 4.79 Å². The van der Waals surface area contributed by atoms with Gasteiger partial charge in [0.1, 0.15) is 0 Å². The van der Waals surface area contributed by atoms with E-state index >= 15 is 0 Å². The van der Waals surface area contributed by atoms with Crippen molar-refractivity contribution in [3.63, 3.8) is 0 Å². The van der Waals surface area contributed by atoms with Gasteiger partial charge >= 0.3 is 0 Å². The summed E-state index contributed by atoms with van der Waals surface area (Å²) in [5.74, 6) is 1.23. The summed E-state index contributed by atoms with van der Waals surface area (Å²) >= 11 is 8.77. The highest BCUT2D eigenvalue weighted by atomic mass is 79.9. The fraction of sp³-hybridized carbons (Fsp3) is 0.462. The van der Waals surface area contributed by atoms with E-state index in [1.54, 1.807) is 0 Å². The van der Waals surface area contributed by atoms with Gasteiger partial charge in [0.15, 0.2) is 0 Å². The Morgan fingerprint density at radius 3 is 2.89 bits per heavy atom. The number of nitrogens with one attached hydrogen (secondary N) is 1. The van der Waals surface area contributed by atoms with Crippen molar-refractivity contribution in [1.82, 2.24) is 5.32 Å². The lowest BCUT2D eigenvalue weighted by molar-refractivity contribution is 0.0952. The van der Waals surface area contributed by atoms with E-state index in [2.05, 4.69) is 37.2 Å². The zero-order chi connectivity index (χ0) is 13.0. The van der Waals surface area contributed by atoms with Gasteiger partial charge in [-0.25, -0.2) is 0 Å². The van der Waals surface area contributed by atoms with E-state index in [-0.39, 0.29) is 5.91 Å². The predicted molar refractivity (Wildman–Crippen MR) is 84.3 cm³/mol. The second-order valence-corrected chi connectivity index (χ2v) is 7.50. The molecule has 1 unspecified atom stereocenters. The summed E-state index contributed by atoms with van der Waals surface area (Å²) in [5, 5.41) is 3.60. The summed E-state index contributed by atoms with van der Waals surface area (Å²) in [6.07, 6.45) is 3.81. The topological polar surface area (TPSA) is 29.1 Å². The van der Waals surface area contributed by atoms with Gasteiger partial charge in [-0.15, -0.1) is 0 Å². The summed E-state index contributed by atoms with van der Waals surface area (Å²) in [7, 11) is 0. The van der Waals surface area contributed by atoms with E-state index < -0.39 is 0 Å². The molecule has 0 saturated carbocycles.